The third-order valence-electron chi connectivity index (χ3n) is 4.91. The highest BCUT2D eigenvalue weighted by Gasteiger charge is 2.18. The summed E-state index contributed by atoms with van der Waals surface area (Å²) in [6, 6.07) is 13.6. The highest BCUT2D eigenvalue weighted by molar-refractivity contribution is 7.92. The molecule has 150 valence electrons. The number of aromatic nitrogens is 4. The van der Waals surface area contributed by atoms with Crippen LogP contribution in [-0.2, 0) is 24.1 Å². The highest BCUT2D eigenvalue weighted by Crippen LogP contribution is 2.22. The molecule has 0 aliphatic carbocycles. The number of rotatable bonds is 4. The lowest BCUT2D eigenvalue weighted by atomic mass is 10.3. The Labute approximate surface area is 168 Å². The zero-order valence-corrected chi connectivity index (χ0v) is 17.4. The molecule has 0 aliphatic heterocycles. The quantitative estimate of drug-likeness (QED) is 0.559. The molecule has 8 nitrogen and oxygen atoms in total. The van der Waals surface area contributed by atoms with Crippen molar-refractivity contribution in [1.82, 2.24) is 18.9 Å². The summed E-state index contributed by atoms with van der Waals surface area (Å²) in [5.74, 6) is 0. The van der Waals surface area contributed by atoms with Crippen LogP contribution in [0, 0.1) is 13.8 Å². The molecule has 2 heterocycles. The van der Waals surface area contributed by atoms with Crippen molar-refractivity contribution in [3.63, 3.8) is 0 Å². The standard InChI is InChI=1S/C20H21N5O3S/c1-13-10-14(2)25(21-13)16-7-5-6-15(11-16)22-29(27,28)17-8-9-18-19(12-17)24(4)20(26)23(18)3/h5-12,22H,1-4H3. The molecule has 0 spiro atoms. The molecule has 4 aromatic rings. The van der Waals surface area contributed by atoms with Gasteiger partial charge >= 0.3 is 5.69 Å². The van der Waals surface area contributed by atoms with E-state index in [2.05, 4.69) is 9.82 Å². The topological polar surface area (TPSA) is 90.9 Å². The van der Waals surface area contributed by atoms with Gasteiger partial charge in [-0.1, -0.05) is 6.07 Å². The Morgan fingerprint density at radius 2 is 1.66 bits per heavy atom. The fourth-order valence-electron chi connectivity index (χ4n) is 3.46. The average Bonchev–Trinajstić information content (AvgIpc) is 3.13. The summed E-state index contributed by atoms with van der Waals surface area (Å²) in [6.45, 7) is 3.85. The summed E-state index contributed by atoms with van der Waals surface area (Å²) in [7, 11) is -0.562. The first-order valence-corrected chi connectivity index (χ1v) is 10.5. The van der Waals surface area contributed by atoms with E-state index in [1.54, 1.807) is 43.0 Å². The van der Waals surface area contributed by atoms with Crippen molar-refractivity contribution in [3.05, 3.63) is 70.4 Å². The Kier molecular flexibility index (Phi) is 4.34. The third kappa shape index (κ3) is 3.23. The molecule has 0 fully saturated rings. The summed E-state index contributed by atoms with van der Waals surface area (Å²) < 4.78 is 33.2. The maximum absolute atomic E-state index is 12.9. The molecule has 9 heteroatoms. The van der Waals surface area contributed by atoms with Crippen molar-refractivity contribution in [3.8, 4) is 5.69 Å². The second-order valence-electron chi connectivity index (χ2n) is 7.05. The molecule has 0 atom stereocenters. The minimum Gasteiger partial charge on any atom is -0.295 e. The number of aryl methyl sites for hydroxylation is 4. The zero-order chi connectivity index (χ0) is 20.9. The van der Waals surface area contributed by atoms with Crippen molar-refractivity contribution >= 4 is 26.7 Å². The molecule has 0 saturated heterocycles. The number of imidazole rings is 1. The van der Waals surface area contributed by atoms with Gasteiger partial charge in [-0.15, -0.1) is 0 Å². The van der Waals surface area contributed by atoms with Gasteiger partial charge in [0.15, 0.2) is 0 Å². The van der Waals surface area contributed by atoms with Gasteiger partial charge in [0.25, 0.3) is 10.0 Å². The van der Waals surface area contributed by atoms with E-state index in [4.69, 9.17) is 0 Å². The lowest BCUT2D eigenvalue weighted by Gasteiger charge is -2.11. The van der Waals surface area contributed by atoms with E-state index in [-0.39, 0.29) is 10.6 Å². The second kappa shape index (κ2) is 6.63. The molecule has 2 aromatic heterocycles. The van der Waals surface area contributed by atoms with Crippen molar-refractivity contribution in [2.75, 3.05) is 4.72 Å². The molecule has 29 heavy (non-hydrogen) atoms. The van der Waals surface area contributed by atoms with Gasteiger partial charge in [-0.3, -0.25) is 13.9 Å². The predicted octanol–water partition coefficient (Wildman–Crippen LogP) is 2.48. The van der Waals surface area contributed by atoms with Crippen LogP contribution >= 0.6 is 0 Å². The Bertz CT molecular complexity index is 1410. The predicted molar refractivity (Wildman–Crippen MR) is 112 cm³/mol. The maximum Gasteiger partial charge on any atom is 0.328 e. The van der Waals surface area contributed by atoms with Crippen molar-refractivity contribution in [2.24, 2.45) is 14.1 Å². The van der Waals surface area contributed by atoms with Gasteiger partial charge in [0, 0.05) is 19.8 Å². The highest BCUT2D eigenvalue weighted by atomic mass is 32.2. The minimum atomic E-state index is -3.83. The van der Waals surface area contributed by atoms with Gasteiger partial charge in [0.2, 0.25) is 0 Å². The summed E-state index contributed by atoms with van der Waals surface area (Å²) in [4.78, 5) is 12.2. The molecule has 0 aliphatic rings. The van der Waals surface area contributed by atoms with E-state index >= 15 is 0 Å². The Balaban J connectivity index is 1.72. The summed E-state index contributed by atoms with van der Waals surface area (Å²) >= 11 is 0. The van der Waals surface area contributed by atoms with Gasteiger partial charge in [-0.2, -0.15) is 5.10 Å². The molecule has 0 amide bonds. The van der Waals surface area contributed by atoms with E-state index in [0.29, 0.717) is 16.7 Å². The Morgan fingerprint density at radius 1 is 0.931 bits per heavy atom. The van der Waals surface area contributed by atoms with Crippen molar-refractivity contribution in [1.29, 1.82) is 0 Å². The van der Waals surface area contributed by atoms with Gasteiger partial charge in [0.05, 0.1) is 33.0 Å². The van der Waals surface area contributed by atoms with Crippen LogP contribution in [0.1, 0.15) is 11.4 Å². The minimum absolute atomic E-state index is 0.0858. The normalized spacial score (nSPS) is 11.9. The van der Waals surface area contributed by atoms with Crippen LogP contribution in [0.5, 0.6) is 0 Å². The van der Waals surface area contributed by atoms with Gasteiger partial charge in [-0.25, -0.2) is 17.9 Å². The van der Waals surface area contributed by atoms with Crippen LogP contribution in [0.15, 0.2) is 58.2 Å². The maximum atomic E-state index is 12.9. The first-order valence-electron chi connectivity index (χ1n) is 8.99. The molecule has 1 N–H and O–H groups in total. The second-order valence-corrected chi connectivity index (χ2v) is 8.73. The van der Waals surface area contributed by atoms with Crippen LogP contribution in [0.25, 0.3) is 16.7 Å². The Morgan fingerprint density at radius 3 is 2.34 bits per heavy atom. The van der Waals surface area contributed by atoms with Crippen LogP contribution in [-0.4, -0.2) is 27.3 Å². The largest absolute Gasteiger partial charge is 0.328 e. The average molecular weight is 411 g/mol. The molecular weight excluding hydrogens is 390 g/mol. The van der Waals surface area contributed by atoms with Gasteiger partial charge in [0.1, 0.15) is 0 Å². The van der Waals surface area contributed by atoms with E-state index in [1.165, 1.54) is 21.3 Å². The van der Waals surface area contributed by atoms with E-state index < -0.39 is 10.0 Å². The number of nitrogens with one attached hydrogen (secondary N) is 1. The van der Waals surface area contributed by atoms with Crippen LogP contribution < -0.4 is 10.4 Å². The first-order chi connectivity index (χ1) is 13.7. The monoisotopic (exact) mass is 411 g/mol. The van der Waals surface area contributed by atoms with E-state index in [9.17, 15) is 13.2 Å². The smallest absolute Gasteiger partial charge is 0.295 e. The third-order valence-corrected chi connectivity index (χ3v) is 6.29. The van der Waals surface area contributed by atoms with Gasteiger partial charge in [-0.05, 0) is 56.3 Å². The molecule has 0 saturated carbocycles. The molecule has 0 radical (unpaired) electrons. The molecule has 0 bridgehead atoms. The Hall–Kier alpha value is -3.33. The first kappa shape index (κ1) is 19.0. The number of benzene rings is 2. The lowest BCUT2D eigenvalue weighted by molar-refractivity contribution is 0.601. The lowest BCUT2D eigenvalue weighted by Crippen LogP contribution is -2.19. The molecule has 0 unspecified atom stereocenters. The number of sulfonamides is 1. The van der Waals surface area contributed by atoms with Crippen LogP contribution in [0.3, 0.4) is 0 Å². The van der Waals surface area contributed by atoms with E-state index in [1.807, 2.05) is 26.0 Å². The fraction of sp³-hybridized carbons (Fsp3) is 0.200. The number of hydrogen-bond acceptors (Lipinski definition) is 4. The molecule has 2 aromatic carbocycles. The number of fused-ring (bicyclic) bond motifs is 1. The van der Waals surface area contributed by atoms with Crippen molar-refractivity contribution < 1.29 is 8.42 Å². The summed E-state index contributed by atoms with van der Waals surface area (Å²) in [5, 5.41) is 4.44. The van der Waals surface area contributed by atoms with Gasteiger partial charge < -0.3 is 0 Å². The van der Waals surface area contributed by atoms with E-state index in [0.717, 1.165) is 17.1 Å². The van der Waals surface area contributed by atoms with Crippen LogP contribution in [0.2, 0.25) is 0 Å². The SMILES string of the molecule is Cc1cc(C)n(-c2cccc(NS(=O)(=O)c3ccc4c(c3)n(C)c(=O)n4C)c2)n1. The van der Waals surface area contributed by atoms with Crippen molar-refractivity contribution in [2.45, 2.75) is 18.7 Å². The molecular formula is C20H21N5O3S. The number of nitrogens with zero attached hydrogens (tertiary/aromatic N) is 4. The van der Waals surface area contributed by atoms with Crippen LogP contribution in [0.4, 0.5) is 5.69 Å². The fourth-order valence-corrected chi connectivity index (χ4v) is 4.53. The summed E-state index contributed by atoms with van der Waals surface area (Å²) in [5.41, 5.74) is 4.04. The number of anilines is 1. The molecule has 4 rings (SSSR count). The zero-order valence-electron chi connectivity index (χ0n) is 16.5. The summed E-state index contributed by atoms with van der Waals surface area (Å²) in [6.07, 6.45) is 0. The number of hydrogen-bond donors (Lipinski definition) is 1.